The summed E-state index contributed by atoms with van der Waals surface area (Å²) in [5.74, 6) is -0.698. The highest BCUT2D eigenvalue weighted by molar-refractivity contribution is 5.94. The fourth-order valence-electron chi connectivity index (χ4n) is 3.41. The largest absolute Gasteiger partial charge is 0.404 e. The Labute approximate surface area is 161 Å². The minimum atomic E-state index is -1.06. The van der Waals surface area contributed by atoms with Gasteiger partial charge in [-0.15, -0.1) is 0 Å². The van der Waals surface area contributed by atoms with Gasteiger partial charge in [-0.1, -0.05) is 12.6 Å². The molecule has 1 aromatic carbocycles. The number of benzene rings is 1. The van der Waals surface area contributed by atoms with E-state index in [2.05, 4.69) is 16.5 Å². The van der Waals surface area contributed by atoms with Gasteiger partial charge in [0.1, 0.15) is 0 Å². The lowest BCUT2D eigenvalue weighted by molar-refractivity contribution is -0.0788. The van der Waals surface area contributed by atoms with Crippen LogP contribution in [0.4, 0.5) is 4.53 Å². The predicted molar refractivity (Wildman–Crippen MR) is 106 cm³/mol. The first-order chi connectivity index (χ1) is 13.2. The van der Waals surface area contributed by atoms with E-state index in [1.807, 2.05) is 20.8 Å². The Morgan fingerprint density at radius 1 is 1.39 bits per heavy atom. The van der Waals surface area contributed by atoms with Crippen LogP contribution in [0.3, 0.4) is 0 Å². The number of carbonyl (C=O) groups is 1. The number of hydrogen-bond acceptors (Lipinski definition) is 4. The molecule has 1 aliphatic rings. The van der Waals surface area contributed by atoms with Gasteiger partial charge in [-0.3, -0.25) is 4.57 Å². The first-order valence-corrected chi connectivity index (χ1v) is 9.08. The van der Waals surface area contributed by atoms with E-state index in [1.165, 1.54) is 12.3 Å². The van der Waals surface area contributed by atoms with E-state index in [1.54, 1.807) is 22.8 Å². The number of aromatic nitrogens is 2. The monoisotopic (exact) mass is 385 g/mol. The summed E-state index contributed by atoms with van der Waals surface area (Å²) in [6.45, 7) is 9.77. The third-order valence-corrected chi connectivity index (χ3v) is 4.86. The SMILES string of the molecule is C=c1/c(=C\C(=C/N)c2cc(C(=O)OF)ccc2C2CC2)[nH]c(=O)n1C(C)(C)C. The number of hydrogen-bond donors (Lipinski definition) is 2. The van der Waals surface area contributed by atoms with Gasteiger partial charge < -0.3 is 10.7 Å². The van der Waals surface area contributed by atoms with Crippen molar-refractivity contribution in [2.75, 3.05) is 0 Å². The molecule has 0 amide bonds. The second-order valence-corrected chi connectivity index (χ2v) is 8.00. The molecule has 3 N–H and O–H groups in total. The molecule has 1 fully saturated rings. The van der Waals surface area contributed by atoms with Crippen molar-refractivity contribution in [2.24, 2.45) is 5.73 Å². The molecule has 0 bridgehead atoms. The Bertz CT molecular complexity index is 1120. The Hall–Kier alpha value is -3.09. The Balaban J connectivity index is 2.18. The third kappa shape index (κ3) is 3.65. The standard InChI is InChI=1S/C21H24FN3O3/c1-12-18(24-20(27)25(12)21(2,3)4)10-15(11-23)17-9-14(19(26)28-22)7-8-16(17)13-5-6-13/h7-11,13H,1,5-6,23H2,2-4H3,(H,24,27)/b15-11+,18-10+. The number of rotatable bonds is 4. The van der Waals surface area contributed by atoms with Crippen LogP contribution in [0.2, 0.25) is 0 Å². The molecule has 0 aliphatic heterocycles. The molecular formula is C21H24FN3O3. The zero-order valence-corrected chi connectivity index (χ0v) is 16.2. The van der Waals surface area contributed by atoms with E-state index in [4.69, 9.17) is 5.73 Å². The van der Waals surface area contributed by atoms with Crippen molar-refractivity contribution < 1.29 is 14.3 Å². The average molecular weight is 385 g/mol. The summed E-state index contributed by atoms with van der Waals surface area (Å²) in [6, 6.07) is 4.90. The van der Waals surface area contributed by atoms with Crippen molar-refractivity contribution in [3.8, 4) is 0 Å². The molecule has 0 spiro atoms. The van der Waals surface area contributed by atoms with Crippen molar-refractivity contribution in [1.29, 1.82) is 0 Å². The number of nitrogens with zero attached hydrogens (tertiary/aromatic N) is 1. The van der Waals surface area contributed by atoms with Crippen LogP contribution in [-0.2, 0) is 10.5 Å². The van der Waals surface area contributed by atoms with E-state index < -0.39 is 11.5 Å². The second-order valence-electron chi connectivity index (χ2n) is 8.00. The van der Waals surface area contributed by atoms with Gasteiger partial charge in [0.2, 0.25) is 0 Å². The fourth-order valence-corrected chi connectivity index (χ4v) is 3.41. The first kappa shape index (κ1) is 19.7. The lowest BCUT2D eigenvalue weighted by atomic mass is 9.94. The van der Waals surface area contributed by atoms with Gasteiger partial charge in [-0.2, -0.15) is 0 Å². The van der Waals surface area contributed by atoms with Crippen LogP contribution < -0.4 is 22.1 Å². The average Bonchev–Trinajstić information content (AvgIpc) is 3.43. The summed E-state index contributed by atoms with van der Waals surface area (Å²) in [5.41, 5.74) is 7.59. The Morgan fingerprint density at radius 2 is 2.07 bits per heavy atom. The number of carbonyl (C=O) groups excluding carboxylic acids is 1. The van der Waals surface area contributed by atoms with Crippen molar-refractivity contribution in [2.45, 2.75) is 45.1 Å². The highest BCUT2D eigenvalue weighted by Crippen LogP contribution is 2.43. The maximum Gasteiger partial charge on any atom is 0.379 e. The molecule has 28 heavy (non-hydrogen) atoms. The van der Waals surface area contributed by atoms with E-state index in [0.717, 1.165) is 18.4 Å². The number of H-pyrrole nitrogens is 1. The molecule has 1 aromatic heterocycles. The molecule has 148 valence electrons. The van der Waals surface area contributed by atoms with E-state index in [-0.39, 0.29) is 11.3 Å². The van der Waals surface area contributed by atoms with Crippen LogP contribution >= 0.6 is 0 Å². The van der Waals surface area contributed by atoms with Crippen LogP contribution in [0.25, 0.3) is 18.2 Å². The summed E-state index contributed by atoms with van der Waals surface area (Å²) in [6.07, 6.45) is 5.20. The first-order valence-electron chi connectivity index (χ1n) is 9.08. The maximum atomic E-state index is 12.4. The normalized spacial score (nSPS) is 15.7. The highest BCUT2D eigenvalue weighted by Gasteiger charge is 2.27. The van der Waals surface area contributed by atoms with E-state index in [9.17, 15) is 14.1 Å². The molecular weight excluding hydrogens is 361 g/mol. The van der Waals surface area contributed by atoms with Gasteiger partial charge in [0, 0.05) is 16.3 Å². The van der Waals surface area contributed by atoms with Crippen LogP contribution in [0.15, 0.2) is 29.2 Å². The zero-order chi connectivity index (χ0) is 20.6. The molecule has 2 aromatic rings. The molecule has 0 atom stereocenters. The number of imidazole rings is 1. The highest BCUT2D eigenvalue weighted by atomic mass is 19.3. The summed E-state index contributed by atoms with van der Waals surface area (Å²) >= 11 is 0. The molecule has 0 saturated heterocycles. The van der Waals surface area contributed by atoms with Crippen molar-refractivity contribution in [3.63, 3.8) is 0 Å². The van der Waals surface area contributed by atoms with Gasteiger partial charge in [-0.25, -0.2) is 14.5 Å². The van der Waals surface area contributed by atoms with Gasteiger partial charge in [0.25, 0.3) is 0 Å². The van der Waals surface area contributed by atoms with Crippen LogP contribution in [0.1, 0.15) is 61.0 Å². The number of aromatic amines is 1. The second kappa shape index (κ2) is 7.14. The molecule has 0 radical (unpaired) electrons. The lowest BCUT2D eigenvalue weighted by Crippen LogP contribution is -2.41. The van der Waals surface area contributed by atoms with E-state index in [0.29, 0.717) is 27.8 Å². The topological polar surface area (TPSA) is 90.1 Å². The van der Waals surface area contributed by atoms with Crippen molar-refractivity contribution in [3.05, 3.63) is 62.3 Å². The van der Waals surface area contributed by atoms with Gasteiger partial charge >= 0.3 is 11.7 Å². The summed E-state index contributed by atoms with van der Waals surface area (Å²) < 4.78 is 13.9. The van der Waals surface area contributed by atoms with Gasteiger partial charge in [-0.05, 0) is 74.4 Å². The summed E-state index contributed by atoms with van der Waals surface area (Å²) in [5, 5.41) is 1.06. The fraction of sp³-hybridized carbons (Fsp3) is 0.333. The Morgan fingerprint density at radius 3 is 2.57 bits per heavy atom. The quantitative estimate of drug-likeness (QED) is 0.843. The number of nitrogens with one attached hydrogen (secondary N) is 1. The third-order valence-electron chi connectivity index (χ3n) is 4.86. The van der Waals surface area contributed by atoms with Crippen LogP contribution in [0, 0.1) is 0 Å². The van der Waals surface area contributed by atoms with Crippen LogP contribution in [-0.4, -0.2) is 15.5 Å². The minimum absolute atomic E-state index is 0.0882. The van der Waals surface area contributed by atoms with Gasteiger partial charge in [0.05, 0.1) is 16.3 Å². The number of allylic oxidation sites excluding steroid dienone is 1. The molecule has 1 aliphatic carbocycles. The zero-order valence-electron chi connectivity index (χ0n) is 16.2. The molecule has 6 nitrogen and oxygen atoms in total. The summed E-state index contributed by atoms with van der Waals surface area (Å²) in [4.78, 5) is 30.2. The predicted octanol–water partition coefficient (Wildman–Crippen LogP) is 2.04. The number of halogens is 1. The minimum Gasteiger partial charge on any atom is -0.404 e. The van der Waals surface area contributed by atoms with Crippen molar-refractivity contribution >= 4 is 24.2 Å². The molecule has 7 heteroatoms. The molecule has 1 heterocycles. The van der Waals surface area contributed by atoms with E-state index >= 15 is 0 Å². The lowest BCUT2D eigenvalue weighted by Gasteiger charge is -2.19. The Kier molecular flexibility index (Phi) is 5.02. The molecule has 0 unspecified atom stereocenters. The van der Waals surface area contributed by atoms with Gasteiger partial charge in [0.15, 0.2) is 0 Å². The summed E-state index contributed by atoms with van der Waals surface area (Å²) in [7, 11) is 0. The number of nitrogens with two attached hydrogens (primary N) is 1. The van der Waals surface area contributed by atoms with Crippen molar-refractivity contribution in [1.82, 2.24) is 9.55 Å². The maximum absolute atomic E-state index is 12.4. The molecule has 3 rings (SSSR count). The molecule has 1 saturated carbocycles. The van der Waals surface area contributed by atoms with Crippen LogP contribution in [0.5, 0.6) is 0 Å². The smallest absolute Gasteiger partial charge is 0.379 e.